The van der Waals surface area contributed by atoms with Gasteiger partial charge in [0, 0.05) is 30.9 Å². The molecule has 8 heteroatoms. The Morgan fingerprint density at radius 1 is 1.35 bits per heavy atom. The summed E-state index contributed by atoms with van der Waals surface area (Å²) < 4.78 is 39.9. The Morgan fingerprint density at radius 2 is 2.04 bits per heavy atom. The van der Waals surface area contributed by atoms with E-state index < -0.39 is 18.1 Å². The van der Waals surface area contributed by atoms with Gasteiger partial charge in [-0.3, -0.25) is 14.5 Å². The maximum atomic E-state index is 12.8. The number of aryl methyl sites for hydroxylation is 2. The molecule has 0 radical (unpaired) electrons. The average molecular weight is 366 g/mol. The van der Waals surface area contributed by atoms with Crippen molar-refractivity contribution in [2.75, 3.05) is 6.54 Å². The van der Waals surface area contributed by atoms with Crippen molar-refractivity contribution in [1.29, 1.82) is 0 Å². The lowest BCUT2D eigenvalue weighted by atomic mass is 9.97. The van der Waals surface area contributed by atoms with Crippen molar-refractivity contribution < 1.29 is 18.0 Å². The molecule has 2 aromatic rings. The van der Waals surface area contributed by atoms with E-state index in [9.17, 15) is 18.0 Å². The van der Waals surface area contributed by atoms with Gasteiger partial charge < -0.3 is 5.32 Å². The van der Waals surface area contributed by atoms with E-state index in [1.165, 1.54) is 0 Å². The zero-order valence-electron chi connectivity index (χ0n) is 15.1. The van der Waals surface area contributed by atoms with E-state index in [0.29, 0.717) is 5.56 Å². The summed E-state index contributed by atoms with van der Waals surface area (Å²) in [5.74, 6) is -0.844. The zero-order valence-corrected chi connectivity index (χ0v) is 15.1. The molecule has 1 aromatic heterocycles. The lowest BCUT2D eigenvalue weighted by Crippen LogP contribution is -2.46. The van der Waals surface area contributed by atoms with Gasteiger partial charge in [-0.2, -0.15) is 18.3 Å². The van der Waals surface area contributed by atoms with E-state index in [1.807, 2.05) is 23.6 Å². The number of carbonyl (C=O) groups excluding carboxylic acids is 1. The smallest absolute Gasteiger partial charge is 0.339 e. The van der Waals surface area contributed by atoms with Crippen LogP contribution in [0.5, 0.6) is 0 Å². The molecule has 5 nitrogen and oxygen atoms in total. The predicted molar refractivity (Wildman–Crippen MR) is 94.1 cm³/mol. The predicted octanol–water partition coefficient (Wildman–Crippen LogP) is 3.27. The van der Waals surface area contributed by atoms with Gasteiger partial charge in [0.25, 0.3) is 5.91 Å². The van der Waals surface area contributed by atoms with Gasteiger partial charge in [-0.05, 0) is 38.0 Å². The topological polar surface area (TPSA) is 59.3 Å². The Labute approximate surface area is 149 Å². The van der Waals surface area contributed by atoms with Crippen LogP contribution in [-0.4, -0.2) is 40.2 Å². The van der Waals surface area contributed by atoms with Gasteiger partial charge in [-0.15, -0.1) is 0 Å². The molecular weight excluding hydrogens is 345 g/mol. The number of aliphatic imine (C=N–C) groups is 1. The Morgan fingerprint density at radius 3 is 2.58 bits per heavy atom. The van der Waals surface area contributed by atoms with Crippen molar-refractivity contribution in [3.05, 3.63) is 41.7 Å². The number of hydrogen-bond acceptors (Lipinski definition) is 3. The van der Waals surface area contributed by atoms with Crippen molar-refractivity contribution in [1.82, 2.24) is 15.1 Å². The SMILES string of the molecule is CC/N=C(/C(=O)N[C@@H](C)C(F)(F)F)c1cc(-c2cnn(C)c2)ccc1C. The summed E-state index contributed by atoms with van der Waals surface area (Å²) in [6.07, 6.45) is -1.02. The quantitative estimate of drug-likeness (QED) is 0.826. The molecule has 0 fully saturated rings. The number of nitrogens with zero attached hydrogens (tertiary/aromatic N) is 3. The van der Waals surface area contributed by atoms with E-state index >= 15 is 0 Å². The first kappa shape index (κ1) is 19.7. The van der Waals surface area contributed by atoms with Crippen molar-refractivity contribution >= 4 is 11.6 Å². The molecule has 1 heterocycles. The van der Waals surface area contributed by atoms with Crippen LogP contribution in [0.2, 0.25) is 0 Å². The molecule has 1 amide bonds. The van der Waals surface area contributed by atoms with Crippen LogP contribution in [0.15, 0.2) is 35.6 Å². The molecule has 1 aromatic carbocycles. The van der Waals surface area contributed by atoms with E-state index in [4.69, 9.17) is 0 Å². The first-order valence-corrected chi connectivity index (χ1v) is 8.15. The van der Waals surface area contributed by atoms with Crippen molar-refractivity contribution in [3.8, 4) is 11.1 Å². The Hall–Kier alpha value is -2.64. The van der Waals surface area contributed by atoms with E-state index in [0.717, 1.165) is 23.6 Å². The molecule has 0 aliphatic carbocycles. The highest BCUT2D eigenvalue weighted by atomic mass is 19.4. The van der Waals surface area contributed by atoms with Gasteiger partial charge in [-0.25, -0.2) is 0 Å². The molecule has 1 N–H and O–H groups in total. The second-order valence-corrected chi connectivity index (χ2v) is 5.99. The molecule has 0 unspecified atom stereocenters. The summed E-state index contributed by atoms with van der Waals surface area (Å²) >= 11 is 0. The highest BCUT2D eigenvalue weighted by Gasteiger charge is 2.37. The van der Waals surface area contributed by atoms with E-state index in [2.05, 4.69) is 10.1 Å². The number of hydrogen-bond donors (Lipinski definition) is 1. The molecule has 140 valence electrons. The summed E-state index contributed by atoms with van der Waals surface area (Å²) in [6, 6.07) is 3.47. The lowest BCUT2D eigenvalue weighted by molar-refractivity contribution is -0.156. The van der Waals surface area contributed by atoms with Crippen molar-refractivity contribution in [2.45, 2.75) is 33.0 Å². The number of rotatable bonds is 5. The third-order valence-electron chi connectivity index (χ3n) is 3.90. The van der Waals surface area contributed by atoms with Crippen LogP contribution in [0.25, 0.3) is 11.1 Å². The molecule has 0 saturated carbocycles. The minimum absolute atomic E-state index is 0.00756. The summed E-state index contributed by atoms with van der Waals surface area (Å²) in [5, 5.41) is 6.09. The van der Waals surface area contributed by atoms with Gasteiger partial charge in [0.15, 0.2) is 0 Å². The second-order valence-electron chi connectivity index (χ2n) is 5.99. The van der Waals surface area contributed by atoms with Crippen molar-refractivity contribution in [3.63, 3.8) is 0 Å². The van der Waals surface area contributed by atoms with E-state index in [-0.39, 0.29) is 12.3 Å². The van der Waals surface area contributed by atoms with Gasteiger partial charge in [-0.1, -0.05) is 12.1 Å². The standard InChI is InChI=1S/C18H21F3N4O/c1-5-22-16(17(26)24-12(3)18(19,20)21)15-8-13(7-6-11(15)2)14-9-23-25(4)10-14/h6-10,12H,5H2,1-4H3,(H,24,26)/b22-16+/t12-/m0/s1. The fourth-order valence-electron chi connectivity index (χ4n) is 2.41. The van der Waals surface area contributed by atoms with Crippen LogP contribution < -0.4 is 5.32 Å². The fraction of sp³-hybridized carbons (Fsp3) is 0.389. The lowest BCUT2D eigenvalue weighted by Gasteiger charge is -2.18. The number of alkyl halides is 3. The first-order chi connectivity index (χ1) is 12.1. The minimum Gasteiger partial charge on any atom is -0.339 e. The van der Waals surface area contributed by atoms with Gasteiger partial charge in [0.2, 0.25) is 0 Å². The molecule has 0 spiro atoms. The van der Waals surface area contributed by atoms with Crippen LogP contribution in [0.3, 0.4) is 0 Å². The third kappa shape index (κ3) is 4.50. The van der Waals surface area contributed by atoms with Crippen LogP contribution in [0.4, 0.5) is 13.2 Å². The zero-order chi connectivity index (χ0) is 19.5. The average Bonchev–Trinajstić information content (AvgIpc) is 2.99. The molecule has 26 heavy (non-hydrogen) atoms. The van der Waals surface area contributed by atoms with Gasteiger partial charge in [0.1, 0.15) is 11.8 Å². The summed E-state index contributed by atoms with van der Waals surface area (Å²) in [7, 11) is 1.79. The molecule has 0 saturated heterocycles. The molecule has 2 rings (SSSR count). The number of carbonyl (C=O) groups is 1. The third-order valence-corrected chi connectivity index (χ3v) is 3.90. The van der Waals surface area contributed by atoms with Crippen LogP contribution >= 0.6 is 0 Å². The molecule has 1 atom stereocenters. The molecular formula is C18H21F3N4O. The number of benzene rings is 1. The monoisotopic (exact) mass is 366 g/mol. The maximum Gasteiger partial charge on any atom is 0.408 e. The van der Waals surface area contributed by atoms with Crippen molar-refractivity contribution in [2.24, 2.45) is 12.0 Å². The first-order valence-electron chi connectivity index (χ1n) is 8.15. The van der Waals surface area contributed by atoms with Crippen LogP contribution in [0.1, 0.15) is 25.0 Å². The molecule has 0 aliphatic rings. The van der Waals surface area contributed by atoms with Crippen LogP contribution in [0, 0.1) is 6.92 Å². The summed E-state index contributed by atoms with van der Waals surface area (Å²) in [6.45, 7) is 4.69. The second kappa shape index (κ2) is 7.72. The number of aromatic nitrogens is 2. The summed E-state index contributed by atoms with van der Waals surface area (Å²) in [4.78, 5) is 16.6. The Kier molecular flexibility index (Phi) is 5.84. The van der Waals surface area contributed by atoms with Gasteiger partial charge in [0.05, 0.1) is 6.20 Å². The maximum absolute atomic E-state index is 12.8. The number of nitrogens with one attached hydrogen (secondary N) is 1. The number of halogens is 3. The highest BCUT2D eigenvalue weighted by molar-refractivity contribution is 6.45. The fourth-order valence-corrected chi connectivity index (χ4v) is 2.41. The largest absolute Gasteiger partial charge is 0.408 e. The van der Waals surface area contributed by atoms with Crippen LogP contribution in [-0.2, 0) is 11.8 Å². The molecule has 0 bridgehead atoms. The highest BCUT2D eigenvalue weighted by Crippen LogP contribution is 2.23. The minimum atomic E-state index is -4.51. The molecule has 0 aliphatic heterocycles. The normalized spacial score (nSPS) is 13.6. The summed E-state index contributed by atoms with van der Waals surface area (Å²) in [5.41, 5.74) is 2.89. The number of amides is 1. The van der Waals surface area contributed by atoms with Gasteiger partial charge >= 0.3 is 6.18 Å². The Bertz CT molecular complexity index is 824. The van der Waals surface area contributed by atoms with E-state index in [1.54, 1.807) is 37.8 Å². The Balaban J connectivity index is 2.41.